The zero-order chi connectivity index (χ0) is 8.44. The molecule has 0 radical (unpaired) electrons. The Morgan fingerprint density at radius 2 is 2.33 bits per heavy atom. The van der Waals surface area contributed by atoms with Gasteiger partial charge in [0.2, 0.25) is 0 Å². The van der Waals surface area contributed by atoms with Crippen LogP contribution < -0.4 is 10.6 Å². The summed E-state index contributed by atoms with van der Waals surface area (Å²) in [5.74, 6) is 0. The van der Waals surface area contributed by atoms with Gasteiger partial charge in [-0.05, 0) is 38.6 Å². The van der Waals surface area contributed by atoms with Gasteiger partial charge in [0.15, 0.2) is 0 Å². The van der Waals surface area contributed by atoms with Crippen LogP contribution in [0.4, 0.5) is 0 Å². The fraction of sp³-hybridized carbons (Fsp3) is 1.00. The molecule has 2 nitrogen and oxygen atoms in total. The molecule has 0 aromatic rings. The SMILES string of the molecule is CCC1(CNC2CC2)CCCN1. The van der Waals surface area contributed by atoms with Gasteiger partial charge in [0.05, 0.1) is 0 Å². The summed E-state index contributed by atoms with van der Waals surface area (Å²) in [6.07, 6.45) is 6.80. The molecule has 2 heteroatoms. The smallest absolute Gasteiger partial charge is 0.0304 e. The van der Waals surface area contributed by atoms with Crippen molar-refractivity contribution in [3.8, 4) is 0 Å². The third kappa shape index (κ3) is 1.80. The molecule has 1 aliphatic heterocycles. The Morgan fingerprint density at radius 1 is 1.50 bits per heavy atom. The molecule has 70 valence electrons. The van der Waals surface area contributed by atoms with Crippen LogP contribution in [0.1, 0.15) is 39.0 Å². The van der Waals surface area contributed by atoms with Gasteiger partial charge >= 0.3 is 0 Å². The summed E-state index contributed by atoms with van der Waals surface area (Å²) >= 11 is 0. The van der Waals surface area contributed by atoms with E-state index in [1.807, 2.05) is 0 Å². The molecule has 2 N–H and O–H groups in total. The van der Waals surface area contributed by atoms with Crippen molar-refractivity contribution in [1.29, 1.82) is 0 Å². The molecule has 1 atom stereocenters. The Kier molecular flexibility index (Phi) is 2.37. The predicted molar refractivity (Wildman–Crippen MR) is 51.3 cm³/mol. The Balaban J connectivity index is 1.79. The van der Waals surface area contributed by atoms with E-state index in [2.05, 4.69) is 17.6 Å². The molecule has 1 saturated heterocycles. The van der Waals surface area contributed by atoms with Crippen LogP contribution in [0.25, 0.3) is 0 Å². The molecule has 1 aliphatic carbocycles. The lowest BCUT2D eigenvalue weighted by atomic mass is 9.94. The fourth-order valence-corrected chi connectivity index (χ4v) is 2.07. The zero-order valence-electron chi connectivity index (χ0n) is 8.03. The highest BCUT2D eigenvalue weighted by Gasteiger charge is 2.33. The predicted octanol–water partition coefficient (Wildman–Crippen LogP) is 1.27. The summed E-state index contributed by atoms with van der Waals surface area (Å²) in [5.41, 5.74) is 0.447. The topological polar surface area (TPSA) is 24.1 Å². The summed E-state index contributed by atoms with van der Waals surface area (Å²) < 4.78 is 0. The van der Waals surface area contributed by atoms with Crippen molar-refractivity contribution in [2.45, 2.75) is 50.6 Å². The summed E-state index contributed by atoms with van der Waals surface area (Å²) in [4.78, 5) is 0. The molecule has 0 aromatic carbocycles. The number of hydrogen-bond acceptors (Lipinski definition) is 2. The van der Waals surface area contributed by atoms with E-state index in [4.69, 9.17) is 0 Å². The van der Waals surface area contributed by atoms with Crippen LogP contribution in [0.3, 0.4) is 0 Å². The molecule has 0 aromatic heterocycles. The van der Waals surface area contributed by atoms with Crippen LogP contribution in [0.2, 0.25) is 0 Å². The average molecular weight is 168 g/mol. The van der Waals surface area contributed by atoms with Gasteiger partial charge in [0, 0.05) is 18.1 Å². The van der Waals surface area contributed by atoms with E-state index in [-0.39, 0.29) is 0 Å². The molecule has 2 rings (SSSR count). The van der Waals surface area contributed by atoms with Crippen LogP contribution in [0.15, 0.2) is 0 Å². The Labute approximate surface area is 75.1 Å². The number of rotatable bonds is 4. The van der Waals surface area contributed by atoms with Gasteiger partial charge < -0.3 is 10.6 Å². The van der Waals surface area contributed by atoms with Crippen molar-refractivity contribution < 1.29 is 0 Å². The third-order valence-electron chi connectivity index (χ3n) is 3.32. The van der Waals surface area contributed by atoms with Crippen molar-refractivity contribution in [1.82, 2.24) is 10.6 Å². The molecule has 0 amide bonds. The van der Waals surface area contributed by atoms with Crippen molar-refractivity contribution >= 4 is 0 Å². The molecule has 2 aliphatic rings. The van der Waals surface area contributed by atoms with E-state index in [9.17, 15) is 0 Å². The van der Waals surface area contributed by atoms with E-state index in [1.54, 1.807) is 0 Å². The second kappa shape index (κ2) is 3.35. The minimum absolute atomic E-state index is 0.447. The first-order valence-electron chi connectivity index (χ1n) is 5.33. The minimum Gasteiger partial charge on any atom is -0.312 e. The first-order chi connectivity index (χ1) is 5.85. The van der Waals surface area contributed by atoms with E-state index < -0.39 is 0 Å². The Bertz CT molecular complexity index is 146. The molecule has 1 saturated carbocycles. The lowest BCUT2D eigenvalue weighted by Crippen LogP contribution is -2.48. The Morgan fingerprint density at radius 3 is 2.83 bits per heavy atom. The molecule has 0 bridgehead atoms. The van der Waals surface area contributed by atoms with Crippen molar-refractivity contribution in [3.05, 3.63) is 0 Å². The van der Waals surface area contributed by atoms with Gasteiger partial charge in [-0.15, -0.1) is 0 Å². The number of hydrogen-bond donors (Lipinski definition) is 2. The molecule has 12 heavy (non-hydrogen) atoms. The Hall–Kier alpha value is -0.0800. The fourth-order valence-electron chi connectivity index (χ4n) is 2.07. The van der Waals surface area contributed by atoms with Gasteiger partial charge in [-0.2, -0.15) is 0 Å². The molecular weight excluding hydrogens is 148 g/mol. The zero-order valence-corrected chi connectivity index (χ0v) is 8.03. The summed E-state index contributed by atoms with van der Waals surface area (Å²) in [6, 6.07) is 0.857. The molecule has 1 heterocycles. The lowest BCUT2D eigenvalue weighted by molar-refractivity contribution is 0.339. The lowest BCUT2D eigenvalue weighted by Gasteiger charge is -2.28. The van der Waals surface area contributed by atoms with E-state index >= 15 is 0 Å². The normalized spacial score (nSPS) is 35.8. The monoisotopic (exact) mass is 168 g/mol. The maximum Gasteiger partial charge on any atom is 0.0304 e. The van der Waals surface area contributed by atoms with Crippen LogP contribution in [0.5, 0.6) is 0 Å². The van der Waals surface area contributed by atoms with Crippen LogP contribution in [-0.2, 0) is 0 Å². The first-order valence-corrected chi connectivity index (χ1v) is 5.33. The van der Waals surface area contributed by atoms with Crippen molar-refractivity contribution in [2.75, 3.05) is 13.1 Å². The summed E-state index contributed by atoms with van der Waals surface area (Å²) in [5, 5.41) is 7.27. The molecule has 0 spiro atoms. The maximum atomic E-state index is 3.64. The van der Waals surface area contributed by atoms with Gasteiger partial charge in [-0.25, -0.2) is 0 Å². The highest BCUT2D eigenvalue weighted by Crippen LogP contribution is 2.25. The van der Waals surface area contributed by atoms with E-state index in [0.29, 0.717) is 5.54 Å². The van der Waals surface area contributed by atoms with Gasteiger partial charge in [-0.3, -0.25) is 0 Å². The van der Waals surface area contributed by atoms with Gasteiger partial charge in [0.1, 0.15) is 0 Å². The quantitative estimate of drug-likeness (QED) is 0.660. The van der Waals surface area contributed by atoms with E-state index in [0.717, 1.165) is 6.04 Å². The highest BCUT2D eigenvalue weighted by atomic mass is 15.1. The van der Waals surface area contributed by atoms with Crippen molar-refractivity contribution in [3.63, 3.8) is 0 Å². The largest absolute Gasteiger partial charge is 0.312 e. The average Bonchev–Trinajstić information content (AvgIpc) is 2.82. The second-order valence-corrected chi connectivity index (χ2v) is 4.32. The van der Waals surface area contributed by atoms with Gasteiger partial charge in [0.25, 0.3) is 0 Å². The minimum atomic E-state index is 0.447. The maximum absolute atomic E-state index is 3.64. The molecule has 1 unspecified atom stereocenters. The van der Waals surface area contributed by atoms with E-state index in [1.165, 1.54) is 45.2 Å². The molecule has 2 fully saturated rings. The first kappa shape index (κ1) is 8.52. The van der Waals surface area contributed by atoms with Crippen LogP contribution >= 0.6 is 0 Å². The standard InChI is InChI=1S/C10H20N2/c1-2-10(6-3-7-12-10)8-11-9-4-5-9/h9,11-12H,2-8H2,1H3. The van der Waals surface area contributed by atoms with Crippen LogP contribution in [0, 0.1) is 0 Å². The number of nitrogens with one attached hydrogen (secondary N) is 2. The summed E-state index contributed by atoms with van der Waals surface area (Å²) in [7, 11) is 0. The van der Waals surface area contributed by atoms with Gasteiger partial charge in [-0.1, -0.05) is 6.92 Å². The van der Waals surface area contributed by atoms with Crippen molar-refractivity contribution in [2.24, 2.45) is 0 Å². The third-order valence-corrected chi connectivity index (χ3v) is 3.32. The highest BCUT2D eigenvalue weighted by molar-refractivity contribution is 4.96. The summed E-state index contributed by atoms with van der Waals surface area (Å²) in [6.45, 7) is 4.71. The van der Waals surface area contributed by atoms with Crippen LogP contribution in [-0.4, -0.2) is 24.7 Å². The second-order valence-electron chi connectivity index (χ2n) is 4.32. The molecular formula is C10H20N2.